The van der Waals surface area contributed by atoms with Crippen LogP contribution >= 0.6 is 0 Å². The first-order valence-electron chi connectivity index (χ1n) is 8.88. The molecule has 3 rings (SSSR count). The molecule has 1 atom stereocenters. The van der Waals surface area contributed by atoms with Gasteiger partial charge in [-0.25, -0.2) is 4.98 Å². The lowest BCUT2D eigenvalue weighted by Gasteiger charge is -2.32. The second-order valence-corrected chi connectivity index (χ2v) is 7.29. The zero-order chi connectivity index (χ0) is 18.9. The van der Waals surface area contributed by atoms with Crippen molar-refractivity contribution in [3.05, 3.63) is 65.7 Å². The molecule has 0 aliphatic rings. The van der Waals surface area contributed by atoms with Crippen LogP contribution in [0.15, 0.2) is 48.9 Å². The quantitative estimate of drug-likeness (QED) is 0.657. The number of imidazole rings is 1. The van der Waals surface area contributed by atoms with Gasteiger partial charge in [0, 0.05) is 11.6 Å². The summed E-state index contributed by atoms with van der Waals surface area (Å²) in [5.74, 6) is -0.126. The van der Waals surface area contributed by atoms with Gasteiger partial charge in [0.25, 0.3) is 5.91 Å². The molecule has 3 aromatic rings. The average molecular weight is 351 g/mol. The SMILES string of the molecule is CC(C)NC(=O)c1ccc2cc([C@](O)(c3cnc[nH]3)C(C)C)ccc2c1. The summed E-state index contributed by atoms with van der Waals surface area (Å²) in [7, 11) is 0. The Morgan fingerprint density at radius 1 is 1.12 bits per heavy atom. The summed E-state index contributed by atoms with van der Waals surface area (Å²) >= 11 is 0. The smallest absolute Gasteiger partial charge is 0.251 e. The standard InChI is InChI=1S/C21H25N3O2/c1-13(2)21(26,19-11-22-12-23-19)18-8-7-15-9-17(6-5-16(15)10-18)20(25)24-14(3)4/h5-14,26H,1-4H3,(H,22,23)(H,24,25)/t21-/m0/s1. The van der Waals surface area contributed by atoms with Gasteiger partial charge in [0.2, 0.25) is 0 Å². The lowest BCUT2D eigenvalue weighted by molar-refractivity contribution is 0.0280. The summed E-state index contributed by atoms with van der Waals surface area (Å²) in [6.07, 6.45) is 3.23. The minimum absolute atomic E-state index is 0.0449. The third-order valence-corrected chi connectivity index (χ3v) is 4.71. The van der Waals surface area contributed by atoms with Gasteiger partial charge < -0.3 is 15.4 Å². The van der Waals surface area contributed by atoms with Crippen LogP contribution in [-0.2, 0) is 5.60 Å². The molecule has 26 heavy (non-hydrogen) atoms. The third kappa shape index (κ3) is 3.22. The van der Waals surface area contributed by atoms with Crippen LogP contribution in [0.25, 0.3) is 10.8 Å². The van der Waals surface area contributed by atoms with E-state index in [0.717, 1.165) is 16.3 Å². The first kappa shape index (κ1) is 18.1. The minimum Gasteiger partial charge on any atom is -0.379 e. The predicted molar refractivity (Wildman–Crippen MR) is 103 cm³/mol. The molecule has 1 heterocycles. The summed E-state index contributed by atoms with van der Waals surface area (Å²) in [6.45, 7) is 7.83. The Morgan fingerprint density at radius 2 is 1.81 bits per heavy atom. The van der Waals surface area contributed by atoms with Crippen LogP contribution in [0.4, 0.5) is 0 Å². The molecule has 5 nitrogen and oxygen atoms in total. The van der Waals surface area contributed by atoms with Crippen LogP contribution in [-0.4, -0.2) is 27.0 Å². The Labute approximate surface area is 153 Å². The normalized spacial score (nSPS) is 14.0. The van der Waals surface area contributed by atoms with Crippen LogP contribution in [0.1, 0.15) is 49.3 Å². The van der Waals surface area contributed by atoms with E-state index in [1.165, 1.54) is 0 Å². The van der Waals surface area contributed by atoms with E-state index in [-0.39, 0.29) is 17.9 Å². The lowest BCUT2D eigenvalue weighted by atomic mass is 9.80. The molecule has 1 amide bonds. The van der Waals surface area contributed by atoms with Crippen molar-refractivity contribution in [2.75, 3.05) is 0 Å². The van der Waals surface area contributed by atoms with E-state index in [1.54, 1.807) is 12.5 Å². The van der Waals surface area contributed by atoms with Crippen molar-refractivity contribution in [2.24, 2.45) is 5.92 Å². The van der Waals surface area contributed by atoms with E-state index >= 15 is 0 Å². The molecule has 3 N–H and O–H groups in total. The Bertz CT molecular complexity index is 916. The first-order chi connectivity index (χ1) is 12.3. The fourth-order valence-corrected chi connectivity index (χ4v) is 3.23. The van der Waals surface area contributed by atoms with Crippen LogP contribution in [0.3, 0.4) is 0 Å². The van der Waals surface area contributed by atoms with Crippen molar-refractivity contribution < 1.29 is 9.90 Å². The largest absolute Gasteiger partial charge is 0.379 e. The van der Waals surface area contributed by atoms with Gasteiger partial charge in [0.1, 0.15) is 5.60 Å². The second-order valence-electron chi connectivity index (χ2n) is 7.29. The van der Waals surface area contributed by atoms with Crippen molar-refractivity contribution >= 4 is 16.7 Å². The van der Waals surface area contributed by atoms with Crippen LogP contribution in [0.2, 0.25) is 0 Å². The Balaban J connectivity index is 2.03. The molecule has 1 aromatic heterocycles. The molecule has 2 aromatic carbocycles. The molecule has 0 fully saturated rings. The van der Waals surface area contributed by atoms with Gasteiger partial charge in [-0.3, -0.25) is 4.79 Å². The van der Waals surface area contributed by atoms with E-state index in [2.05, 4.69) is 15.3 Å². The number of carbonyl (C=O) groups is 1. The summed E-state index contributed by atoms with van der Waals surface area (Å²) in [5.41, 5.74) is 0.938. The van der Waals surface area contributed by atoms with Gasteiger partial charge in [-0.05, 0) is 54.3 Å². The third-order valence-electron chi connectivity index (χ3n) is 4.71. The van der Waals surface area contributed by atoms with Crippen LogP contribution in [0.5, 0.6) is 0 Å². The molecule has 0 saturated heterocycles. The maximum atomic E-state index is 12.2. The molecule has 0 unspecified atom stereocenters. The number of hydrogen-bond donors (Lipinski definition) is 3. The monoisotopic (exact) mass is 351 g/mol. The van der Waals surface area contributed by atoms with Crippen molar-refractivity contribution in [3.8, 4) is 0 Å². The molecular weight excluding hydrogens is 326 g/mol. The van der Waals surface area contributed by atoms with Crippen molar-refractivity contribution in [2.45, 2.75) is 39.3 Å². The van der Waals surface area contributed by atoms with E-state index in [1.807, 2.05) is 64.1 Å². The average Bonchev–Trinajstić information content (AvgIpc) is 3.14. The molecule has 0 radical (unpaired) electrons. The van der Waals surface area contributed by atoms with E-state index in [4.69, 9.17) is 0 Å². The predicted octanol–water partition coefficient (Wildman–Crippen LogP) is 3.59. The maximum absolute atomic E-state index is 12.2. The highest BCUT2D eigenvalue weighted by Gasteiger charge is 2.36. The van der Waals surface area contributed by atoms with Gasteiger partial charge in [0.15, 0.2) is 0 Å². The molecule has 0 aliphatic heterocycles. The number of H-pyrrole nitrogens is 1. The number of aromatic amines is 1. The number of hydrogen-bond acceptors (Lipinski definition) is 3. The zero-order valence-corrected chi connectivity index (χ0v) is 15.6. The van der Waals surface area contributed by atoms with Gasteiger partial charge >= 0.3 is 0 Å². The Hall–Kier alpha value is -2.66. The molecule has 0 bridgehead atoms. The number of amides is 1. The number of aromatic nitrogens is 2. The Morgan fingerprint density at radius 3 is 2.42 bits per heavy atom. The highest BCUT2D eigenvalue weighted by molar-refractivity contribution is 5.98. The minimum atomic E-state index is -1.15. The summed E-state index contributed by atoms with van der Waals surface area (Å²) in [6, 6.07) is 11.5. The van der Waals surface area contributed by atoms with Crippen LogP contribution in [0, 0.1) is 5.92 Å². The maximum Gasteiger partial charge on any atom is 0.251 e. The summed E-state index contributed by atoms with van der Waals surface area (Å²) in [4.78, 5) is 19.3. The van der Waals surface area contributed by atoms with Gasteiger partial charge in [-0.15, -0.1) is 0 Å². The number of benzene rings is 2. The topological polar surface area (TPSA) is 78.0 Å². The van der Waals surface area contributed by atoms with E-state index in [0.29, 0.717) is 11.3 Å². The van der Waals surface area contributed by atoms with Gasteiger partial charge in [-0.1, -0.05) is 32.0 Å². The number of fused-ring (bicyclic) bond motifs is 1. The molecule has 136 valence electrons. The second kappa shape index (κ2) is 6.92. The molecule has 0 aliphatic carbocycles. The molecule has 0 saturated carbocycles. The number of carbonyl (C=O) groups excluding carboxylic acids is 1. The fourth-order valence-electron chi connectivity index (χ4n) is 3.23. The van der Waals surface area contributed by atoms with Crippen molar-refractivity contribution in [3.63, 3.8) is 0 Å². The fraction of sp³-hybridized carbons (Fsp3) is 0.333. The molecule has 0 spiro atoms. The van der Waals surface area contributed by atoms with Gasteiger partial charge in [0.05, 0.1) is 18.2 Å². The number of rotatable bonds is 5. The number of aliphatic hydroxyl groups is 1. The van der Waals surface area contributed by atoms with Crippen LogP contribution < -0.4 is 5.32 Å². The number of nitrogens with zero attached hydrogens (tertiary/aromatic N) is 1. The van der Waals surface area contributed by atoms with E-state index in [9.17, 15) is 9.90 Å². The zero-order valence-electron chi connectivity index (χ0n) is 15.6. The number of nitrogens with one attached hydrogen (secondary N) is 2. The first-order valence-corrected chi connectivity index (χ1v) is 8.88. The highest BCUT2D eigenvalue weighted by atomic mass is 16.3. The van der Waals surface area contributed by atoms with Crippen molar-refractivity contribution in [1.82, 2.24) is 15.3 Å². The molecule has 5 heteroatoms. The van der Waals surface area contributed by atoms with E-state index < -0.39 is 5.60 Å². The Kier molecular flexibility index (Phi) is 4.83. The van der Waals surface area contributed by atoms with Crippen molar-refractivity contribution in [1.29, 1.82) is 0 Å². The highest BCUT2D eigenvalue weighted by Crippen LogP contribution is 2.36. The summed E-state index contributed by atoms with van der Waals surface area (Å²) in [5, 5.41) is 16.2. The summed E-state index contributed by atoms with van der Waals surface area (Å²) < 4.78 is 0. The molecular formula is C21H25N3O2. The van der Waals surface area contributed by atoms with Gasteiger partial charge in [-0.2, -0.15) is 0 Å². The lowest BCUT2D eigenvalue weighted by Crippen LogP contribution is -2.33.